The van der Waals surface area contributed by atoms with E-state index in [4.69, 9.17) is 4.74 Å². The van der Waals surface area contributed by atoms with Gasteiger partial charge >= 0.3 is 0 Å². The molecular weight excluding hydrogens is 342 g/mol. The fraction of sp³-hybridized carbons (Fsp3) is 1.00. The molecule has 0 unspecified atom stereocenters. The van der Waals surface area contributed by atoms with Crippen molar-refractivity contribution in [3.05, 3.63) is 0 Å². The van der Waals surface area contributed by atoms with Crippen LogP contribution in [-0.2, 0) is 4.74 Å². The molecule has 168 valence electrons. The predicted octanol–water partition coefficient (Wildman–Crippen LogP) is 7.90. The number of rotatable bonds is 20. The van der Waals surface area contributed by atoms with Gasteiger partial charge in [0.05, 0.1) is 26.3 Å². The fourth-order valence-corrected chi connectivity index (χ4v) is 4.78. The molecule has 28 heavy (non-hydrogen) atoms. The Morgan fingerprint density at radius 3 is 1.25 bits per heavy atom. The summed E-state index contributed by atoms with van der Waals surface area (Å²) >= 11 is 0. The second-order valence-electron chi connectivity index (χ2n) is 9.51. The zero-order valence-corrected chi connectivity index (χ0v) is 19.8. The number of nitrogens with zero attached hydrogens (tertiary/aromatic N) is 1. The summed E-state index contributed by atoms with van der Waals surface area (Å²) in [7, 11) is 0. The summed E-state index contributed by atoms with van der Waals surface area (Å²) in [5.41, 5.74) is 0. The Balaban J connectivity index is 1.84. The molecular formula is C26H54NO+. The van der Waals surface area contributed by atoms with E-state index in [1.807, 2.05) is 0 Å². The lowest BCUT2D eigenvalue weighted by Crippen LogP contribution is -2.56. The van der Waals surface area contributed by atoms with Gasteiger partial charge in [-0.15, -0.1) is 0 Å². The molecule has 1 aliphatic rings. The van der Waals surface area contributed by atoms with E-state index >= 15 is 0 Å². The summed E-state index contributed by atoms with van der Waals surface area (Å²) in [5.74, 6) is 0. The summed E-state index contributed by atoms with van der Waals surface area (Å²) in [5, 5.41) is 0. The topological polar surface area (TPSA) is 9.23 Å². The molecule has 0 N–H and O–H groups in total. The maximum absolute atomic E-state index is 5.62. The first-order chi connectivity index (χ1) is 13.8. The quantitative estimate of drug-likeness (QED) is 0.150. The second-order valence-corrected chi connectivity index (χ2v) is 9.51. The Morgan fingerprint density at radius 2 is 0.821 bits per heavy atom. The van der Waals surface area contributed by atoms with Crippen LogP contribution in [0, 0.1) is 0 Å². The molecule has 0 spiro atoms. The number of quaternary nitrogens is 1. The molecule has 0 aromatic rings. The molecule has 0 atom stereocenters. The van der Waals surface area contributed by atoms with Crippen molar-refractivity contribution in [2.24, 2.45) is 0 Å². The highest BCUT2D eigenvalue weighted by Crippen LogP contribution is 2.17. The molecule has 1 heterocycles. The van der Waals surface area contributed by atoms with Gasteiger partial charge in [-0.3, -0.25) is 0 Å². The standard InChI is InChI=1S/C26H54NO/c1-3-5-7-8-9-10-11-12-13-14-15-16-17-18-19-20-22-27(21-6-4-2)23-25-28-26-24-27/h3-26H2,1-2H3/q+1. The molecule has 1 aliphatic heterocycles. The highest BCUT2D eigenvalue weighted by atomic mass is 16.5. The Bertz CT molecular complexity index is 312. The third-order valence-electron chi connectivity index (χ3n) is 6.89. The molecule has 0 bridgehead atoms. The van der Waals surface area contributed by atoms with Crippen molar-refractivity contribution >= 4 is 0 Å². The van der Waals surface area contributed by atoms with Gasteiger partial charge in [0.15, 0.2) is 0 Å². The van der Waals surface area contributed by atoms with Crippen molar-refractivity contribution in [3.63, 3.8) is 0 Å². The third-order valence-corrected chi connectivity index (χ3v) is 6.89. The summed E-state index contributed by atoms with van der Waals surface area (Å²) in [6, 6.07) is 0. The van der Waals surface area contributed by atoms with Crippen molar-refractivity contribution in [3.8, 4) is 0 Å². The summed E-state index contributed by atoms with van der Waals surface area (Å²) in [4.78, 5) is 0. The molecule has 0 saturated carbocycles. The van der Waals surface area contributed by atoms with Gasteiger partial charge in [-0.1, -0.05) is 110 Å². The molecule has 1 rings (SSSR count). The van der Waals surface area contributed by atoms with Crippen molar-refractivity contribution in [2.45, 2.75) is 129 Å². The molecule has 2 nitrogen and oxygen atoms in total. The van der Waals surface area contributed by atoms with Crippen molar-refractivity contribution in [1.82, 2.24) is 0 Å². The van der Waals surface area contributed by atoms with Crippen LogP contribution in [0.3, 0.4) is 0 Å². The highest BCUT2D eigenvalue weighted by molar-refractivity contribution is 4.54. The maximum atomic E-state index is 5.62. The number of hydrogen-bond donors (Lipinski definition) is 0. The van der Waals surface area contributed by atoms with Crippen LogP contribution in [-0.4, -0.2) is 43.9 Å². The first-order valence-electron chi connectivity index (χ1n) is 13.3. The minimum atomic E-state index is 0.989. The van der Waals surface area contributed by atoms with Crippen LogP contribution in [0.25, 0.3) is 0 Å². The van der Waals surface area contributed by atoms with Crippen LogP contribution >= 0.6 is 0 Å². The predicted molar refractivity (Wildman–Crippen MR) is 125 cm³/mol. The average molecular weight is 397 g/mol. The highest BCUT2D eigenvalue weighted by Gasteiger charge is 2.28. The van der Waals surface area contributed by atoms with Crippen molar-refractivity contribution in [1.29, 1.82) is 0 Å². The van der Waals surface area contributed by atoms with E-state index in [0.717, 1.165) is 13.2 Å². The molecule has 0 aromatic heterocycles. The third kappa shape index (κ3) is 14.0. The largest absolute Gasteiger partial charge is 0.370 e. The van der Waals surface area contributed by atoms with E-state index in [-0.39, 0.29) is 0 Å². The average Bonchev–Trinajstić information content (AvgIpc) is 2.73. The van der Waals surface area contributed by atoms with Gasteiger partial charge in [-0.2, -0.15) is 0 Å². The van der Waals surface area contributed by atoms with E-state index in [2.05, 4.69) is 13.8 Å². The number of unbranched alkanes of at least 4 members (excludes halogenated alkanes) is 16. The van der Waals surface area contributed by atoms with Gasteiger partial charge in [0.1, 0.15) is 13.1 Å². The minimum absolute atomic E-state index is 0.989. The Labute approximate surface area is 178 Å². The Morgan fingerprint density at radius 1 is 0.464 bits per heavy atom. The first kappa shape index (κ1) is 26.0. The minimum Gasteiger partial charge on any atom is -0.370 e. The molecule has 2 heteroatoms. The van der Waals surface area contributed by atoms with E-state index in [9.17, 15) is 0 Å². The Kier molecular flexibility index (Phi) is 17.5. The number of ether oxygens (including phenoxy) is 1. The molecule has 0 aromatic carbocycles. The molecule has 0 aliphatic carbocycles. The normalized spacial score (nSPS) is 16.5. The molecule has 1 fully saturated rings. The van der Waals surface area contributed by atoms with Gasteiger partial charge in [0, 0.05) is 0 Å². The molecule has 1 saturated heterocycles. The number of morpholine rings is 1. The zero-order valence-electron chi connectivity index (χ0n) is 19.8. The fourth-order valence-electron chi connectivity index (χ4n) is 4.78. The van der Waals surface area contributed by atoms with Crippen LogP contribution in [0.1, 0.15) is 129 Å². The van der Waals surface area contributed by atoms with Crippen LogP contribution in [0.4, 0.5) is 0 Å². The smallest absolute Gasteiger partial charge is 0.102 e. The van der Waals surface area contributed by atoms with Crippen LogP contribution in [0.5, 0.6) is 0 Å². The lowest BCUT2D eigenvalue weighted by molar-refractivity contribution is -0.935. The maximum Gasteiger partial charge on any atom is 0.102 e. The lowest BCUT2D eigenvalue weighted by Gasteiger charge is -2.41. The van der Waals surface area contributed by atoms with Gasteiger partial charge in [-0.25, -0.2) is 0 Å². The van der Waals surface area contributed by atoms with Crippen LogP contribution < -0.4 is 0 Å². The Hall–Kier alpha value is -0.0800. The zero-order chi connectivity index (χ0) is 20.2. The van der Waals surface area contributed by atoms with E-state index in [1.54, 1.807) is 0 Å². The van der Waals surface area contributed by atoms with E-state index in [1.165, 1.54) is 146 Å². The monoisotopic (exact) mass is 396 g/mol. The van der Waals surface area contributed by atoms with Gasteiger partial charge in [-0.05, 0) is 19.3 Å². The van der Waals surface area contributed by atoms with Crippen molar-refractivity contribution < 1.29 is 9.22 Å². The SMILES string of the molecule is CCCCCCCCCCCCCCCCCC[N+]1(CCCC)CCOCC1. The van der Waals surface area contributed by atoms with E-state index in [0.29, 0.717) is 0 Å². The van der Waals surface area contributed by atoms with E-state index < -0.39 is 0 Å². The summed E-state index contributed by atoms with van der Waals surface area (Å²) in [6.45, 7) is 11.9. The summed E-state index contributed by atoms with van der Waals surface area (Å²) < 4.78 is 6.98. The number of hydrogen-bond acceptors (Lipinski definition) is 1. The van der Waals surface area contributed by atoms with Gasteiger partial charge in [0.25, 0.3) is 0 Å². The van der Waals surface area contributed by atoms with Crippen LogP contribution in [0.2, 0.25) is 0 Å². The lowest BCUT2D eigenvalue weighted by atomic mass is 10.0. The van der Waals surface area contributed by atoms with Crippen molar-refractivity contribution in [2.75, 3.05) is 39.4 Å². The second kappa shape index (κ2) is 18.9. The molecule has 0 radical (unpaired) electrons. The first-order valence-corrected chi connectivity index (χ1v) is 13.3. The van der Waals surface area contributed by atoms with Gasteiger partial charge < -0.3 is 9.22 Å². The van der Waals surface area contributed by atoms with Crippen LogP contribution in [0.15, 0.2) is 0 Å². The van der Waals surface area contributed by atoms with Gasteiger partial charge in [0.2, 0.25) is 0 Å². The summed E-state index contributed by atoms with van der Waals surface area (Å²) in [6.07, 6.45) is 26.1. The molecule has 0 amide bonds.